The second-order valence-corrected chi connectivity index (χ2v) is 9.26. The molecule has 3 atom stereocenters. The number of nitrogens with zero attached hydrogens (tertiary/aromatic N) is 1. The van der Waals surface area contributed by atoms with Crippen LogP contribution in [-0.4, -0.2) is 16.7 Å². The van der Waals surface area contributed by atoms with Crippen LogP contribution in [0.25, 0.3) is 0 Å². The second-order valence-electron chi connectivity index (χ2n) is 9.26. The van der Waals surface area contributed by atoms with Gasteiger partial charge in [-0.1, -0.05) is 55.9 Å². The molecule has 0 spiro atoms. The first-order valence-electron chi connectivity index (χ1n) is 11.4. The summed E-state index contributed by atoms with van der Waals surface area (Å²) in [7, 11) is 0. The molecule has 0 bridgehead atoms. The van der Waals surface area contributed by atoms with Crippen molar-refractivity contribution >= 4 is 11.6 Å². The van der Waals surface area contributed by atoms with Crippen LogP contribution in [0, 0.1) is 23.7 Å². The highest BCUT2D eigenvalue weighted by Crippen LogP contribution is 2.26. The molecule has 0 amide bonds. The minimum atomic E-state index is -0.0839. The number of carbonyl (C=O) groups excluding carboxylic acids is 2. The van der Waals surface area contributed by atoms with E-state index < -0.39 is 0 Å². The van der Waals surface area contributed by atoms with Crippen LogP contribution in [0.15, 0.2) is 12.4 Å². The van der Waals surface area contributed by atoms with E-state index >= 15 is 0 Å². The van der Waals surface area contributed by atoms with E-state index in [0.717, 1.165) is 36.9 Å². The molecule has 172 valence electrons. The first-order valence-corrected chi connectivity index (χ1v) is 11.4. The minimum Gasteiger partial charge on any atom is -0.503 e. The fourth-order valence-electron chi connectivity index (χ4n) is 4.00. The first kappa shape index (κ1) is 28.3. The third-order valence-corrected chi connectivity index (χ3v) is 5.88. The highest BCUT2D eigenvalue weighted by Gasteiger charge is 2.23. The number of aryl methyl sites for hydroxylation is 1. The zero-order chi connectivity index (χ0) is 22.1. The quantitative estimate of drug-likeness (QED) is 0.416. The molecule has 3 unspecified atom stereocenters. The van der Waals surface area contributed by atoms with Crippen LogP contribution in [-0.2, 0) is 29.0 Å². The molecular weight excluding hydrogens is 374 g/mol. The molecule has 0 aliphatic carbocycles. The van der Waals surface area contributed by atoms with Crippen LogP contribution in [0.1, 0.15) is 92.7 Å². The Kier molecular flexibility index (Phi) is 12.8. The van der Waals surface area contributed by atoms with Crippen molar-refractivity contribution in [2.75, 3.05) is 0 Å². The second kappa shape index (κ2) is 13.6. The van der Waals surface area contributed by atoms with Crippen LogP contribution in [0.3, 0.4) is 0 Å². The highest BCUT2D eigenvalue weighted by molar-refractivity contribution is 5.80. The van der Waals surface area contributed by atoms with Gasteiger partial charge in [0.15, 0.2) is 18.5 Å². The number of ketones is 2. The lowest BCUT2D eigenvalue weighted by atomic mass is 9.90. The van der Waals surface area contributed by atoms with Gasteiger partial charge in [0.2, 0.25) is 6.20 Å². The molecule has 4 heteroatoms. The number of hydrogen-bond acceptors (Lipinski definition) is 3. The van der Waals surface area contributed by atoms with E-state index in [-0.39, 0.29) is 30.8 Å². The topological polar surface area (TPSA) is 58.2 Å². The SMILES string of the molecule is C.CCC(=O)C(C)Cc1c(O)c[n+](CC(C)CC(C)C(=O)CC)cc1CCC(C)C. The fraction of sp³-hybridized carbons (Fsp3) is 0.731. The maximum atomic E-state index is 12.1. The van der Waals surface area contributed by atoms with Crippen molar-refractivity contribution < 1.29 is 19.3 Å². The summed E-state index contributed by atoms with van der Waals surface area (Å²) >= 11 is 0. The predicted octanol–water partition coefficient (Wildman–Crippen LogP) is 5.70. The number of aromatic hydroxyl groups is 1. The summed E-state index contributed by atoms with van der Waals surface area (Å²) in [4.78, 5) is 24.0. The minimum absolute atomic E-state index is 0. The lowest BCUT2D eigenvalue weighted by molar-refractivity contribution is -0.703. The molecule has 0 aliphatic rings. The zero-order valence-corrected chi connectivity index (χ0v) is 19.6. The monoisotopic (exact) mass is 420 g/mol. The molecular formula is C26H46NO3+. The molecule has 0 aromatic carbocycles. The molecule has 0 saturated heterocycles. The molecule has 1 rings (SSSR count). The Morgan fingerprint density at radius 1 is 0.967 bits per heavy atom. The standard InChI is InChI=1S/C25H41NO3.CH4/c1-8-23(27)19(6)12-18(5)14-26-15-21(11-10-17(3)4)22(25(29)16-26)13-20(7)24(28)9-2;/h15-20H,8-14H2,1-7H3;1H4/p+1. The van der Waals surface area contributed by atoms with Crippen molar-refractivity contribution in [3.8, 4) is 5.75 Å². The van der Waals surface area contributed by atoms with E-state index in [1.807, 2.05) is 27.7 Å². The van der Waals surface area contributed by atoms with Crippen LogP contribution in [0.2, 0.25) is 0 Å². The molecule has 1 aromatic rings. The van der Waals surface area contributed by atoms with Gasteiger partial charge in [0.25, 0.3) is 0 Å². The van der Waals surface area contributed by atoms with Crippen LogP contribution in [0.5, 0.6) is 5.75 Å². The molecule has 0 aliphatic heterocycles. The van der Waals surface area contributed by atoms with Gasteiger partial charge in [0.1, 0.15) is 11.6 Å². The van der Waals surface area contributed by atoms with E-state index in [4.69, 9.17) is 0 Å². The number of Topliss-reactive ketones (excluding diaryl/α,β-unsaturated/α-hetero) is 2. The summed E-state index contributed by atoms with van der Waals surface area (Å²) in [5, 5.41) is 10.8. The molecule has 4 nitrogen and oxygen atoms in total. The molecule has 1 N–H and O–H groups in total. The molecule has 0 saturated carbocycles. The average molecular weight is 421 g/mol. The number of aromatic nitrogens is 1. The highest BCUT2D eigenvalue weighted by atomic mass is 16.3. The zero-order valence-electron chi connectivity index (χ0n) is 19.6. The van der Waals surface area contributed by atoms with Crippen molar-refractivity contribution in [1.29, 1.82) is 0 Å². The summed E-state index contributed by atoms with van der Waals surface area (Å²) in [6, 6.07) is 0. The summed E-state index contributed by atoms with van der Waals surface area (Å²) in [6.45, 7) is 15.1. The Hall–Kier alpha value is -1.71. The van der Waals surface area contributed by atoms with E-state index in [9.17, 15) is 14.7 Å². The van der Waals surface area contributed by atoms with Crippen LogP contribution < -0.4 is 4.57 Å². The van der Waals surface area contributed by atoms with Gasteiger partial charge in [0.05, 0.1) is 0 Å². The Labute approximate surface area is 185 Å². The Balaban J connectivity index is 0.00000841. The van der Waals surface area contributed by atoms with Gasteiger partial charge in [-0.2, -0.15) is 0 Å². The van der Waals surface area contributed by atoms with Crippen LogP contribution in [0.4, 0.5) is 0 Å². The van der Waals surface area contributed by atoms with Gasteiger partial charge in [-0.25, -0.2) is 4.57 Å². The van der Waals surface area contributed by atoms with Gasteiger partial charge in [0, 0.05) is 41.7 Å². The maximum Gasteiger partial charge on any atom is 0.211 e. The van der Waals surface area contributed by atoms with Crippen molar-refractivity contribution in [3.05, 3.63) is 23.5 Å². The van der Waals surface area contributed by atoms with E-state index in [1.165, 1.54) is 0 Å². The van der Waals surface area contributed by atoms with Gasteiger partial charge in [-0.3, -0.25) is 9.59 Å². The van der Waals surface area contributed by atoms with E-state index in [1.54, 1.807) is 6.20 Å². The van der Waals surface area contributed by atoms with Gasteiger partial charge in [-0.15, -0.1) is 0 Å². The van der Waals surface area contributed by atoms with Crippen molar-refractivity contribution in [3.63, 3.8) is 0 Å². The van der Waals surface area contributed by atoms with Crippen LogP contribution >= 0.6 is 0 Å². The summed E-state index contributed by atoms with van der Waals surface area (Å²) in [5.41, 5.74) is 2.05. The molecule has 0 radical (unpaired) electrons. The van der Waals surface area contributed by atoms with E-state index in [2.05, 4.69) is 31.5 Å². The number of rotatable bonds is 13. The smallest absolute Gasteiger partial charge is 0.211 e. The van der Waals surface area contributed by atoms with Gasteiger partial charge in [-0.05, 0) is 31.6 Å². The van der Waals surface area contributed by atoms with Crippen molar-refractivity contribution in [2.24, 2.45) is 23.7 Å². The maximum absolute atomic E-state index is 12.1. The third kappa shape index (κ3) is 8.97. The Morgan fingerprint density at radius 3 is 2.07 bits per heavy atom. The van der Waals surface area contributed by atoms with Gasteiger partial charge < -0.3 is 5.11 Å². The largest absolute Gasteiger partial charge is 0.503 e. The third-order valence-electron chi connectivity index (χ3n) is 5.88. The first-order chi connectivity index (χ1) is 13.6. The molecule has 1 heterocycles. The van der Waals surface area contributed by atoms with Crippen molar-refractivity contribution in [1.82, 2.24) is 0 Å². The lowest BCUT2D eigenvalue weighted by Crippen LogP contribution is -2.38. The van der Waals surface area contributed by atoms with E-state index in [0.29, 0.717) is 36.9 Å². The molecule has 30 heavy (non-hydrogen) atoms. The molecule has 0 fully saturated rings. The average Bonchev–Trinajstić information content (AvgIpc) is 2.66. The summed E-state index contributed by atoms with van der Waals surface area (Å²) in [6.07, 6.45) is 8.43. The molecule has 1 aromatic heterocycles. The number of hydrogen-bond donors (Lipinski definition) is 1. The van der Waals surface area contributed by atoms with Crippen molar-refractivity contribution in [2.45, 2.75) is 101 Å². The lowest BCUT2D eigenvalue weighted by Gasteiger charge is -2.17. The number of carbonyl (C=O) groups is 2. The predicted molar refractivity (Wildman–Crippen MR) is 125 cm³/mol. The summed E-state index contributed by atoms with van der Waals surface area (Å²) in [5.74, 6) is 1.74. The Morgan fingerprint density at radius 2 is 1.53 bits per heavy atom. The number of pyridine rings is 1. The normalized spacial score (nSPS) is 14.1. The Bertz CT molecular complexity index is 681. The van der Waals surface area contributed by atoms with Gasteiger partial charge >= 0.3 is 0 Å². The fourth-order valence-corrected chi connectivity index (χ4v) is 4.00. The summed E-state index contributed by atoms with van der Waals surface area (Å²) < 4.78 is 2.06.